The minimum atomic E-state index is -1.08. The molecule has 0 spiro atoms. The highest BCUT2D eigenvalue weighted by Gasteiger charge is 2.61. The average Bonchev–Trinajstić information content (AvgIpc) is 3.02. The molecule has 1 heterocycles. The minimum absolute atomic E-state index is 0.130. The van der Waals surface area contributed by atoms with E-state index in [0.717, 1.165) is 0 Å². The zero-order valence-corrected chi connectivity index (χ0v) is 12.9. The van der Waals surface area contributed by atoms with Crippen LogP contribution >= 0.6 is 0 Å². The lowest BCUT2D eigenvalue weighted by Gasteiger charge is -2.25. The van der Waals surface area contributed by atoms with E-state index in [1.807, 2.05) is 0 Å². The Bertz CT molecular complexity index is 506. The van der Waals surface area contributed by atoms with Crippen LogP contribution in [-0.4, -0.2) is 58.6 Å². The summed E-state index contributed by atoms with van der Waals surface area (Å²) in [4.78, 5) is 37.5. The van der Waals surface area contributed by atoms with Crippen molar-refractivity contribution >= 4 is 17.8 Å². The van der Waals surface area contributed by atoms with Gasteiger partial charge in [0.25, 0.3) is 0 Å². The number of aliphatic hydroxyl groups is 1. The molecule has 2 N–H and O–H groups in total. The first-order valence-corrected chi connectivity index (χ1v) is 7.42. The van der Waals surface area contributed by atoms with Crippen LogP contribution < -0.4 is 5.32 Å². The Labute approximate surface area is 129 Å². The van der Waals surface area contributed by atoms with Crippen LogP contribution in [0.3, 0.4) is 0 Å². The van der Waals surface area contributed by atoms with Gasteiger partial charge in [0, 0.05) is 25.8 Å². The van der Waals surface area contributed by atoms with Crippen LogP contribution in [0.1, 0.15) is 26.7 Å². The third-order valence-electron chi connectivity index (χ3n) is 4.27. The van der Waals surface area contributed by atoms with Crippen molar-refractivity contribution in [3.8, 4) is 0 Å². The van der Waals surface area contributed by atoms with Crippen LogP contribution in [0.2, 0.25) is 0 Å². The maximum absolute atomic E-state index is 12.5. The Hall–Kier alpha value is -1.89. The highest BCUT2D eigenvalue weighted by molar-refractivity contribution is 5.95. The van der Waals surface area contributed by atoms with Gasteiger partial charge in [-0.15, -0.1) is 6.58 Å². The molecule has 4 atom stereocenters. The summed E-state index contributed by atoms with van der Waals surface area (Å²) >= 11 is 0. The van der Waals surface area contributed by atoms with Gasteiger partial charge in [-0.1, -0.05) is 6.08 Å². The Morgan fingerprint density at radius 2 is 2.18 bits per heavy atom. The van der Waals surface area contributed by atoms with Crippen LogP contribution in [0.25, 0.3) is 0 Å². The van der Waals surface area contributed by atoms with Crippen LogP contribution in [0, 0.1) is 5.92 Å². The first-order valence-electron chi connectivity index (χ1n) is 7.42. The van der Waals surface area contributed by atoms with Crippen molar-refractivity contribution in [2.45, 2.75) is 44.4 Å². The SMILES string of the molecule is C=C[C@@H]1C[C@]1(NC(=O)[C@@H]1C[C@@H](O)CN1C(C)=O)C(=O)OCC. The molecule has 2 fully saturated rings. The van der Waals surface area contributed by atoms with Crippen molar-refractivity contribution < 1.29 is 24.2 Å². The fourth-order valence-corrected chi connectivity index (χ4v) is 2.98. The van der Waals surface area contributed by atoms with Crippen molar-refractivity contribution in [3.63, 3.8) is 0 Å². The Morgan fingerprint density at radius 1 is 1.50 bits per heavy atom. The number of hydrogen-bond acceptors (Lipinski definition) is 5. The summed E-state index contributed by atoms with van der Waals surface area (Å²) in [7, 11) is 0. The number of esters is 1. The van der Waals surface area contributed by atoms with Gasteiger partial charge in [0.05, 0.1) is 12.7 Å². The number of hydrogen-bond donors (Lipinski definition) is 2. The van der Waals surface area contributed by atoms with Gasteiger partial charge >= 0.3 is 5.97 Å². The van der Waals surface area contributed by atoms with E-state index in [9.17, 15) is 19.5 Å². The molecule has 1 saturated heterocycles. The van der Waals surface area contributed by atoms with Gasteiger partial charge in [0.1, 0.15) is 11.6 Å². The number of rotatable bonds is 5. The quantitative estimate of drug-likeness (QED) is 0.532. The molecule has 0 aromatic rings. The molecule has 0 unspecified atom stereocenters. The second-order valence-corrected chi connectivity index (χ2v) is 5.80. The van der Waals surface area contributed by atoms with Gasteiger partial charge < -0.3 is 20.1 Å². The molecule has 2 amide bonds. The van der Waals surface area contributed by atoms with Gasteiger partial charge in [-0.05, 0) is 13.3 Å². The van der Waals surface area contributed by atoms with Gasteiger partial charge in [-0.2, -0.15) is 0 Å². The Morgan fingerprint density at radius 3 is 2.68 bits per heavy atom. The molecule has 0 aromatic carbocycles. The van der Waals surface area contributed by atoms with Crippen LogP contribution in [0.4, 0.5) is 0 Å². The van der Waals surface area contributed by atoms with E-state index in [1.54, 1.807) is 13.0 Å². The number of ether oxygens (including phenoxy) is 1. The van der Waals surface area contributed by atoms with Crippen molar-refractivity contribution in [2.75, 3.05) is 13.2 Å². The zero-order valence-electron chi connectivity index (χ0n) is 12.9. The minimum Gasteiger partial charge on any atom is -0.464 e. The number of nitrogens with zero attached hydrogens (tertiary/aromatic N) is 1. The molecule has 2 rings (SSSR count). The smallest absolute Gasteiger partial charge is 0.332 e. The highest BCUT2D eigenvalue weighted by Crippen LogP contribution is 2.45. The average molecular weight is 310 g/mol. The van der Waals surface area contributed by atoms with Crippen LogP contribution in [0.5, 0.6) is 0 Å². The molecule has 2 aliphatic rings. The molecular weight excluding hydrogens is 288 g/mol. The third-order valence-corrected chi connectivity index (χ3v) is 4.27. The molecule has 0 bridgehead atoms. The number of likely N-dealkylation sites (tertiary alicyclic amines) is 1. The van der Waals surface area contributed by atoms with Gasteiger partial charge in [0.15, 0.2) is 0 Å². The number of nitrogens with one attached hydrogen (secondary N) is 1. The zero-order chi connectivity index (χ0) is 16.5. The normalized spacial score (nSPS) is 33.2. The molecule has 7 nitrogen and oxygen atoms in total. The summed E-state index contributed by atoms with van der Waals surface area (Å²) < 4.78 is 5.03. The van der Waals surface area contributed by atoms with Crippen LogP contribution in [-0.2, 0) is 19.1 Å². The van der Waals surface area contributed by atoms with E-state index in [1.165, 1.54) is 11.8 Å². The molecule has 1 aliphatic heterocycles. The molecule has 1 aliphatic carbocycles. The van der Waals surface area contributed by atoms with Crippen molar-refractivity contribution in [1.82, 2.24) is 10.2 Å². The summed E-state index contributed by atoms with van der Waals surface area (Å²) in [6.07, 6.45) is 1.50. The first kappa shape index (κ1) is 16.5. The predicted molar refractivity (Wildman–Crippen MR) is 77.6 cm³/mol. The van der Waals surface area contributed by atoms with E-state index in [0.29, 0.717) is 6.42 Å². The summed E-state index contributed by atoms with van der Waals surface area (Å²) in [6.45, 7) is 7.06. The fraction of sp³-hybridized carbons (Fsp3) is 0.667. The van der Waals surface area contributed by atoms with Crippen molar-refractivity contribution in [3.05, 3.63) is 12.7 Å². The number of carbonyl (C=O) groups excluding carboxylic acids is 3. The van der Waals surface area contributed by atoms with E-state index >= 15 is 0 Å². The summed E-state index contributed by atoms with van der Waals surface area (Å²) in [6, 6.07) is -0.759. The van der Waals surface area contributed by atoms with E-state index in [-0.39, 0.29) is 31.4 Å². The first-order chi connectivity index (χ1) is 10.4. The Kier molecular flexibility index (Phi) is 4.55. The summed E-state index contributed by atoms with van der Waals surface area (Å²) in [5.41, 5.74) is -1.08. The standard InChI is InChI=1S/C15H22N2O5/c1-4-10-7-15(10,14(21)22-5-2)16-13(20)12-6-11(19)8-17(12)9(3)18/h4,10-12,19H,1,5-8H2,2-3H3,(H,16,20)/t10-,11-,12+,15-/m1/s1. The largest absolute Gasteiger partial charge is 0.464 e. The number of carbonyl (C=O) groups is 3. The molecule has 1 saturated carbocycles. The van der Waals surface area contributed by atoms with Crippen molar-refractivity contribution in [1.29, 1.82) is 0 Å². The molecule has 22 heavy (non-hydrogen) atoms. The van der Waals surface area contributed by atoms with Gasteiger partial charge in [-0.25, -0.2) is 4.79 Å². The lowest BCUT2D eigenvalue weighted by Crippen LogP contribution is -2.53. The number of aliphatic hydroxyl groups excluding tert-OH is 1. The molecular formula is C15H22N2O5. The summed E-state index contributed by atoms with van der Waals surface area (Å²) in [5.74, 6) is -1.38. The maximum Gasteiger partial charge on any atom is 0.332 e. The van der Waals surface area contributed by atoms with Gasteiger partial charge in [0.2, 0.25) is 11.8 Å². The second kappa shape index (κ2) is 6.08. The fourth-order valence-electron chi connectivity index (χ4n) is 2.98. The monoisotopic (exact) mass is 310 g/mol. The third kappa shape index (κ3) is 2.85. The maximum atomic E-state index is 12.5. The molecule has 0 radical (unpaired) electrons. The van der Waals surface area contributed by atoms with E-state index in [4.69, 9.17) is 4.74 Å². The Balaban J connectivity index is 2.11. The molecule has 122 valence electrons. The predicted octanol–water partition coefficient (Wildman–Crippen LogP) is -0.408. The summed E-state index contributed by atoms with van der Waals surface area (Å²) in [5, 5.41) is 12.4. The molecule has 0 aromatic heterocycles. The van der Waals surface area contributed by atoms with Crippen LogP contribution in [0.15, 0.2) is 12.7 Å². The van der Waals surface area contributed by atoms with E-state index < -0.39 is 29.6 Å². The lowest BCUT2D eigenvalue weighted by molar-refractivity contribution is -0.150. The lowest BCUT2D eigenvalue weighted by atomic mass is 10.1. The van der Waals surface area contributed by atoms with Gasteiger partial charge in [-0.3, -0.25) is 9.59 Å². The number of amides is 2. The molecule has 7 heteroatoms. The second-order valence-electron chi connectivity index (χ2n) is 5.80. The number of β-amino-alcohol motifs (C(OH)–C–C–N with tert-alkyl or cyclic N) is 1. The topological polar surface area (TPSA) is 95.9 Å². The van der Waals surface area contributed by atoms with Crippen molar-refractivity contribution in [2.24, 2.45) is 5.92 Å². The van der Waals surface area contributed by atoms with E-state index in [2.05, 4.69) is 11.9 Å². The highest BCUT2D eigenvalue weighted by atomic mass is 16.5.